The van der Waals surface area contributed by atoms with Gasteiger partial charge in [-0.05, 0) is 26.2 Å². The highest BCUT2D eigenvalue weighted by molar-refractivity contribution is 5.75. The largest absolute Gasteiger partial charge is 0.354 e. The van der Waals surface area contributed by atoms with Crippen molar-refractivity contribution in [2.75, 3.05) is 19.8 Å². The van der Waals surface area contributed by atoms with Crippen LogP contribution >= 0.6 is 0 Å². The van der Waals surface area contributed by atoms with Crippen LogP contribution in [0.5, 0.6) is 0 Å². The van der Waals surface area contributed by atoms with E-state index < -0.39 is 6.29 Å². The fraction of sp³-hybridized carbons (Fsp3) is 0.786. The Labute approximate surface area is 126 Å². The molecule has 1 aromatic rings. The zero-order chi connectivity index (χ0) is 15.7. The molecule has 1 N–H and O–H groups in total. The van der Waals surface area contributed by atoms with Gasteiger partial charge in [0.25, 0.3) is 0 Å². The molecule has 0 bridgehead atoms. The molecule has 21 heavy (non-hydrogen) atoms. The van der Waals surface area contributed by atoms with Crippen molar-refractivity contribution >= 4 is 5.91 Å². The van der Waals surface area contributed by atoms with Crippen molar-refractivity contribution in [1.29, 1.82) is 0 Å². The van der Waals surface area contributed by atoms with Crippen LogP contribution in [-0.2, 0) is 20.8 Å². The Bertz CT molecular complexity index is 414. The summed E-state index contributed by atoms with van der Waals surface area (Å²) in [5.41, 5.74) is 0.577. The number of nitrogens with zero attached hydrogens (tertiary/aromatic N) is 3. The number of ether oxygens (including phenoxy) is 2. The Hall–Kier alpha value is -1.47. The first kappa shape index (κ1) is 17.6. The van der Waals surface area contributed by atoms with Crippen LogP contribution in [0.2, 0.25) is 0 Å². The molecular formula is C14H26N4O3. The highest BCUT2D eigenvalue weighted by atomic mass is 16.7. The molecule has 7 nitrogen and oxygen atoms in total. The molecule has 0 aliphatic heterocycles. The summed E-state index contributed by atoms with van der Waals surface area (Å²) in [7, 11) is 0. The highest BCUT2D eigenvalue weighted by Gasteiger charge is 2.16. The van der Waals surface area contributed by atoms with Crippen molar-refractivity contribution < 1.29 is 14.3 Å². The Morgan fingerprint density at radius 2 is 2.00 bits per heavy atom. The lowest BCUT2D eigenvalue weighted by molar-refractivity contribution is -0.142. The number of aromatic nitrogens is 3. The number of carbonyl (C=O) groups excluding carboxylic acids is 1. The zero-order valence-electron chi connectivity index (χ0n) is 13.3. The predicted octanol–water partition coefficient (Wildman–Crippen LogP) is 1.51. The fourth-order valence-electron chi connectivity index (χ4n) is 1.72. The standard InChI is InChI=1S/C14H26N4O3/c1-5-20-14(21-6-2)12-9-18(17-16-12)10-13(19)15-8-7-11(3)4/h9,11,14H,5-8,10H2,1-4H3,(H,15,19). The van der Waals surface area contributed by atoms with Gasteiger partial charge in [0, 0.05) is 19.8 Å². The summed E-state index contributed by atoms with van der Waals surface area (Å²) in [5, 5.41) is 10.8. The Kier molecular flexibility index (Phi) is 7.92. The Balaban J connectivity index is 2.48. The van der Waals surface area contributed by atoms with Crippen LogP contribution in [0.15, 0.2) is 6.20 Å². The third-order valence-corrected chi connectivity index (χ3v) is 2.78. The van der Waals surface area contributed by atoms with Gasteiger partial charge in [0.15, 0.2) is 0 Å². The quantitative estimate of drug-likeness (QED) is 0.662. The summed E-state index contributed by atoms with van der Waals surface area (Å²) < 4.78 is 12.4. The molecule has 1 heterocycles. The van der Waals surface area contributed by atoms with Crippen molar-refractivity contribution in [2.24, 2.45) is 5.92 Å². The lowest BCUT2D eigenvalue weighted by Crippen LogP contribution is -2.29. The van der Waals surface area contributed by atoms with Crippen LogP contribution in [0.25, 0.3) is 0 Å². The second kappa shape index (κ2) is 9.46. The van der Waals surface area contributed by atoms with Crippen LogP contribution < -0.4 is 5.32 Å². The van der Waals surface area contributed by atoms with E-state index in [2.05, 4.69) is 29.5 Å². The highest BCUT2D eigenvalue weighted by Crippen LogP contribution is 2.15. The molecule has 0 spiro atoms. The van der Waals surface area contributed by atoms with E-state index in [0.717, 1.165) is 6.42 Å². The molecule has 0 saturated heterocycles. The van der Waals surface area contributed by atoms with Gasteiger partial charge in [0.2, 0.25) is 12.2 Å². The summed E-state index contributed by atoms with van der Waals surface area (Å²) in [6.45, 7) is 9.89. The molecule has 7 heteroatoms. The number of hydrogen-bond donors (Lipinski definition) is 1. The van der Waals surface area contributed by atoms with E-state index in [1.807, 2.05) is 13.8 Å². The van der Waals surface area contributed by atoms with Gasteiger partial charge in [-0.15, -0.1) is 5.10 Å². The van der Waals surface area contributed by atoms with E-state index in [4.69, 9.17) is 9.47 Å². The molecule has 0 aromatic carbocycles. The molecule has 0 fully saturated rings. The van der Waals surface area contributed by atoms with E-state index in [-0.39, 0.29) is 12.5 Å². The third-order valence-electron chi connectivity index (χ3n) is 2.78. The molecule has 0 unspecified atom stereocenters. The van der Waals surface area contributed by atoms with Crippen molar-refractivity contribution in [3.05, 3.63) is 11.9 Å². The molecular weight excluding hydrogens is 272 g/mol. The van der Waals surface area contributed by atoms with E-state index in [9.17, 15) is 4.79 Å². The van der Waals surface area contributed by atoms with Crippen molar-refractivity contribution in [3.63, 3.8) is 0 Å². The van der Waals surface area contributed by atoms with Gasteiger partial charge in [-0.25, -0.2) is 4.68 Å². The van der Waals surface area contributed by atoms with Gasteiger partial charge >= 0.3 is 0 Å². The molecule has 0 radical (unpaired) electrons. The molecule has 0 aliphatic rings. The van der Waals surface area contributed by atoms with E-state index in [1.165, 1.54) is 4.68 Å². The van der Waals surface area contributed by atoms with E-state index >= 15 is 0 Å². The molecule has 1 aromatic heterocycles. The molecule has 0 aliphatic carbocycles. The average Bonchev–Trinajstić information content (AvgIpc) is 2.86. The number of carbonyl (C=O) groups is 1. The van der Waals surface area contributed by atoms with Gasteiger partial charge < -0.3 is 14.8 Å². The molecule has 0 saturated carbocycles. The maximum Gasteiger partial charge on any atom is 0.241 e. The average molecular weight is 298 g/mol. The van der Waals surface area contributed by atoms with Crippen LogP contribution in [0.3, 0.4) is 0 Å². The number of amides is 1. The summed E-state index contributed by atoms with van der Waals surface area (Å²) in [4.78, 5) is 11.8. The maximum absolute atomic E-state index is 11.8. The summed E-state index contributed by atoms with van der Waals surface area (Å²) in [6, 6.07) is 0. The SMILES string of the molecule is CCOC(OCC)c1cn(CC(=O)NCCC(C)C)nn1. The minimum atomic E-state index is -0.530. The first-order valence-corrected chi connectivity index (χ1v) is 7.46. The van der Waals surface area contributed by atoms with Crippen LogP contribution in [0.1, 0.15) is 46.1 Å². The maximum atomic E-state index is 11.8. The van der Waals surface area contributed by atoms with Crippen LogP contribution in [0, 0.1) is 5.92 Å². The van der Waals surface area contributed by atoms with Crippen LogP contribution in [-0.4, -0.2) is 40.7 Å². The minimum Gasteiger partial charge on any atom is -0.354 e. The Morgan fingerprint density at radius 1 is 1.33 bits per heavy atom. The summed E-state index contributed by atoms with van der Waals surface area (Å²) >= 11 is 0. The topological polar surface area (TPSA) is 78.3 Å². The fourth-order valence-corrected chi connectivity index (χ4v) is 1.72. The van der Waals surface area contributed by atoms with Gasteiger partial charge in [0.1, 0.15) is 12.2 Å². The molecule has 0 atom stereocenters. The second-order valence-corrected chi connectivity index (χ2v) is 5.12. The minimum absolute atomic E-state index is 0.0727. The van der Waals surface area contributed by atoms with Crippen molar-refractivity contribution in [2.45, 2.75) is 47.0 Å². The first-order valence-electron chi connectivity index (χ1n) is 7.46. The zero-order valence-corrected chi connectivity index (χ0v) is 13.3. The molecule has 1 amide bonds. The third kappa shape index (κ3) is 6.68. The van der Waals surface area contributed by atoms with Crippen molar-refractivity contribution in [3.8, 4) is 0 Å². The number of hydrogen-bond acceptors (Lipinski definition) is 5. The van der Waals surface area contributed by atoms with Crippen LogP contribution in [0.4, 0.5) is 0 Å². The van der Waals surface area contributed by atoms with Gasteiger partial charge in [-0.3, -0.25) is 4.79 Å². The monoisotopic (exact) mass is 298 g/mol. The van der Waals surface area contributed by atoms with Gasteiger partial charge in [-0.1, -0.05) is 19.1 Å². The van der Waals surface area contributed by atoms with Gasteiger partial charge in [-0.2, -0.15) is 0 Å². The molecule has 120 valence electrons. The number of rotatable bonds is 10. The summed E-state index contributed by atoms with van der Waals surface area (Å²) in [5.74, 6) is 0.498. The summed E-state index contributed by atoms with van der Waals surface area (Å²) in [6.07, 6.45) is 2.11. The van der Waals surface area contributed by atoms with E-state index in [1.54, 1.807) is 6.20 Å². The first-order chi connectivity index (χ1) is 10.1. The Morgan fingerprint density at radius 3 is 2.57 bits per heavy atom. The lowest BCUT2D eigenvalue weighted by Gasteiger charge is -2.13. The second-order valence-electron chi connectivity index (χ2n) is 5.12. The van der Waals surface area contributed by atoms with Crippen molar-refractivity contribution in [1.82, 2.24) is 20.3 Å². The normalized spacial score (nSPS) is 11.3. The van der Waals surface area contributed by atoms with E-state index in [0.29, 0.717) is 31.4 Å². The lowest BCUT2D eigenvalue weighted by atomic mass is 10.1. The number of nitrogens with one attached hydrogen (secondary N) is 1. The molecule has 1 rings (SSSR count). The van der Waals surface area contributed by atoms with Gasteiger partial charge in [0.05, 0.1) is 6.20 Å². The predicted molar refractivity (Wildman–Crippen MR) is 78.5 cm³/mol. The smallest absolute Gasteiger partial charge is 0.241 e.